The van der Waals surface area contributed by atoms with E-state index in [1.165, 1.54) is 12.3 Å². The second-order valence-corrected chi connectivity index (χ2v) is 6.11. The van der Waals surface area contributed by atoms with Crippen molar-refractivity contribution in [2.24, 2.45) is 0 Å². The van der Waals surface area contributed by atoms with E-state index in [2.05, 4.69) is 35.8 Å². The number of sulfonamides is 1. The molecule has 10 heteroatoms. The van der Waals surface area contributed by atoms with Crippen LogP contribution in [0.4, 0.5) is 11.5 Å². The lowest BCUT2D eigenvalue weighted by Crippen LogP contribution is -2.14. The van der Waals surface area contributed by atoms with Crippen molar-refractivity contribution in [2.75, 3.05) is 10.5 Å². The van der Waals surface area contributed by atoms with Crippen LogP contribution in [0.3, 0.4) is 0 Å². The molecule has 2 aromatic heterocycles. The number of nitrogens with zero attached hydrogens (tertiary/aromatic N) is 2. The lowest BCUT2D eigenvalue weighted by atomic mass is 10.4. The lowest BCUT2D eigenvalue weighted by Gasteiger charge is -2.07. The van der Waals surface area contributed by atoms with E-state index in [1.807, 2.05) is 0 Å². The van der Waals surface area contributed by atoms with Gasteiger partial charge < -0.3 is 5.73 Å². The van der Waals surface area contributed by atoms with E-state index < -0.39 is 10.0 Å². The number of H-pyrrole nitrogens is 1. The summed E-state index contributed by atoms with van der Waals surface area (Å²) >= 11 is 8.85. The molecule has 0 bridgehead atoms. The molecule has 0 saturated carbocycles. The summed E-state index contributed by atoms with van der Waals surface area (Å²) in [5.41, 5.74) is 5.71. The van der Waals surface area contributed by atoms with Crippen molar-refractivity contribution >= 4 is 49.1 Å². The average Bonchev–Trinajstić information content (AvgIpc) is 2.70. The Labute approximate surface area is 116 Å². The smallest absolute Gasteiger partial charge is 0.267 e. The van der Waals surface area contributed by atoms with Gasteiger partial charge in [-0.05, 0) is 22.0 Å². The highest BCUT2D eigenvalue weighted by molar-refractivity contribution is 9.10. The summed E-state index contributed by atoms with van der Waals surface area (Å²) in [6.07, 6.45) is 2.41. The van der Waals surface area contributed by atoms with Gasteiger partial charge in [-0.2, -0.15) is 5.10 Å². The SMILES string of the molecule is Nc1[nH]ncc1S(=O)(=O)Nc1cnc(Cl)c(Br)c1. The zero-order chi connectivity index (χ0) is 13.3. The number of hydrogen-bond donors (Lipinski definition) is 3. The molecule has 18 heavy (non-hydrogen) atoms. The van der Waals surface area contributed by atoms with Gasteiger partial charge in [0.25, 0.3) is 10.0 Å². The van der Waals surface area contributed by atoms with Crippen molar-refractivity contribution in [3.05, 3.63) is 28.1 Å². The number of halogens is 2. The Bertz CT molecular complexity index is 687. The first-order chi connectivity index (χ1) is 8.40. The number of hydrogen-bond acceptors (Lipinski definition) is 5. The molecule has 0 aliphatic heterocycles. The average molecular weight is 353 g/mol. The molecule has 96 valence electrons. The Kier molecular flexibility index (Phi) is 3.46. The van der Waals surface area contributed by atoms with Gasteiger partial charge in [0.2, 0.25) is 0 Å². The molecule has 0 atom stereocenters. The van der Waals surface area contributed by atoms with Crippen molar-refractivity contribution < 1.29 is 8.42 Å². The minimum Gasteiger partial charge on any atom is -0.383 e. The molecular formula is C8H7BrClN5O2S. The maximum atomic E-state index is 12.0. The third-order valence-corrected chi connectivity index (χ3v) is 4.51. The largest absolute Gasteiger partial charge is 0.383 e. The first kappa shape index (κ1) is 13.1. The molecule has 0 saturated heterocycles. The maximum Gasteiger partial charge on any atom is 0.267 e. The third-order valence-electron chi connectivity index (χ3n) is 1.97. The molecule has 0 radical (unpaired) electrons. The second-order valence-electron chi connectivity index (χ2n) is 3.25. The van der Waals surface area contributed by atoms with Gasteiger partial charge in [-0.3, -0.25) is 9.82 Å². The number of nitrogens with two attached hydrogens (primary N) is 1. The van der Waals surface area contributed by atoms with Gasteiger partial charge in [-0.15, -0.1) is 0 Å². The topological polar surface area (TPSA) is 114 Å². The molecule has 0 unspecified atom stereocenters. The predicted molar refractivity (Wildman–Crippen MR) is 70.8 cm³/mol. The van der Waals surface area contributed by atoms with Gasteiger partial charge in [0, 0.05) is 0 Å². The molecule has 0 aliphatic carbocycles. The summed E-state index contributed by atoms with van der Waals surface area (Å²) in [5, 5.41) is 6.13. The van der Waals surface area contributed by atoms with Crippen LogP contribution in [0.5, 0.6) is 0 Å². The van der Waals surface area contributed by atoms with Crippen molar-refractivity contribution in [1.82, 2.24) is 15.2 Å². The zero-order valence-electron chi connectivity index (χ0n) is 8.68. The van der Waals surface area contributed by atoms with E-state index in [1.54, 1.807) is 0 Å². The van der Waals surface area contributed by atoms with Crippen LogP contribution in [-0.4, -0.2) is 23.6 Å². The fourth-order valence-corrected chi connectivity index (χ4v) is 2.70. The van der Waals surface area contributed by atoms with Crippen molar-refractivity contribution in [3.8, 4) is 0 Å². The fourth-order valence-electron chi connectivity index (χ4n) is 1.19. The highest BCUT2D eigenvalue weighted by Gasteiger charge is 2.19. The highest BCUT2D eigenvalue weighted by Crippen LogP contribution is 2.25. The highest BCUT2D eigenvalue weighted by atomic mass is 79.9. The van der Waals surface area contributed by atoms with Crippen LogP contribution >= 0.6 is 27.5 Å². The van der Waals surface area contributed by atoms with Gasteiger partial charge in [0.05, 0.1) is 22.6 Å². The van der Waals surface area contributed by atoms with E-state index in [4.69, 9.17) is 17.3 Å². The molecule has 7 nitrogen and oxygen atoms in total. The number of aromatic nitrogens is 3. The first-order valence-electron chi connectivity index (χ1n) is 4.53. The minimum atomic E-state index is -3.80. The van der Waals surface area contributed by atoms with Gasteiger partial charge in [0.1, 0.15) is 15.9 Å². The predicted octanol–water partition coefficient (Wildman–Crippen LogP) is 1.60. The van der Waals surface area contributed by atoms with E-state index in [0.29, 0.717) is 4.47 Å². The molecular weight excluding hydrogens is 346 g/mol. The number of pyridine rings is 1. The zero-order valence-corrected chi connectivity index (χ0v) is 11.8. The van der Waals surface area contributed by atoms with Gasteiger partial charge >= 0.3 is 0 Å². The molecule has 4 N–H and O–H groups in total. The summed E-state index contributed by atoms with van der Waals surface area (Å²) in [5.74, 6) is -0.0384. The lowest BCUT2D eigenvalue weighted by molar-refractivity contribution is 0.601. The monoisotopic (exact) mass is 351 g/mol. The van der Waals surface area contributed by atoms with Gasteiger partial charge in [-0.1, -0.05) is 11.6 Å². The molecule has 2 aromatic rings. The number of aromatic amines is 1. The van der Waals surface area contributed by atoms with Crippen molar-refractivity contribution in [3.63, 3.8) is 0 Å². The Morgan fingerprint density at radius 2 is 2.17 bits per heavy atom. The van der Waals surface area contributed by atoms with Crippen LogP contribution in [0, 0.1) is 0 Å². The van der Waals surface area contributed by atoms with Crippen molar-refractivity contribution in [1.29, 1.82) is 0 Å². The standard InChI is InChI=1S/C8H7BrClN5O2S/c9-5-1-4(2-12-7(5)10)15-18(16,17)6-3-13-14-8(6)11/h1-3,15H,(H3,11,13,14). The molecule has 0 amide bonds. The molecule has 0 spiro atoms. The van der Waals surface area contributed by atoms with Gasteiger partial charge in [-0.25, -0.2) is 13.4 Å². The molecule has 2 rings (SSSR count). The van der Waals surface area contributed by atoms with Crippen LogP contribution in [0.2, 0.25) is 5.15 Å². The minimum absolute atomic E-state index is 0.0384. The molecule has 2 heterocycles. The van der Waals surface area contributed by atoms with Gasteiger partial charge in [0.15, 0.2) is 0 Å². The number of nitrogen functional groups attached to an aromatic ring is 1. The number of nitrogens with one attached hydrogen (secondary N) is 2. The Hall–Kier alpha value is -1.32. The first-order valence-corrected chi connectivity index (χ1v) is 7.18. The van der Waals surface area contributed by atoms with E-state index in [-0.39, 0.29) is 21.6 Å². The molecule has 0 aliphatic rings. The maximum absolute atomic E-state index is 12.0. The van der Waals surface area contributed by atoms with Crippen LogP contribution in [-0.2, 0) is 10.0 Å². The van der Waals surface area contributed by atoms with Crippen LogP contribution in [0.25, 0.3) is 0 Å². The quantitative estimate of drug-likeness (QED) is 0.726. The summed E-state index contributed by atoms with van der Waals surface area (Å²) in [6, 6.07) is 1.49. The molecule has 0 fully saturated rings. The summed E-state index contributed by atoms with van der Waals surface area (Å²) in [7, 11) is -3.80. The summed E-state index contributed by atoms with van der Waals surface area (Å²) in [6.45, 7) is 0. The van der Waals surface area contributed by atoms with Crippen LogP contribution in [0.1, 0.15) is 0 Å². The Morgan fingerprint density at radius 3 is 2.72 bits per heavy atom. The second kappa shape index (κ2) is 4.75. The van der Waals surface area contributed by atoms with E-state index >= 15 is 0 Å². The summed E-state index contributed by atoms with van der Waals surface area (Å²) in [4.78, 5) is 3.67. The van der Waals surface area contributed by atoms with Crippen LogP contribution in [0.15, 0.2) is 27.8 Å². The van der Waals surface area contributed by atoms with E-state index in [0.717, 1.165) is 6.20 Å². The van der Waals surface area contributed by atoms with Crippen LogP contribution < -0.4 is 10.5 Å². The third kappa shape index (κ3) is 2.57. The number of rotatable bonds is 3. The normalized spacial score (nSPS) is 11.4. The van der Waals surface area contributed by atoms with Crippen molar-refractivity contribution in [2.45, 2.75) is 4.90 Å². The van der Waals surface area contributed by atoms with E-state index in [9.17, 15) is 8.42 Å². The molecule has 0 aromatic carbocycles. The number of anilines is 2. The Balaban J connectivity index is 2.34. The fraction of sp³-hybridized carbons (Fsp3) is 0. The summed E-state index contributed by atoms with van der Waals surface area (Å²) < 4.78 is 26.7. The Morgan fingerprint density at radius 1 is 1.44 bits per heavy atom.